The molecule has 0 bridgehead atoms. The number of hydrogen-bond acceptors (Lipinski definition) is 3. The third-order valence-electron chi connectivity index (χ3n) is 5.00. The van der Waals surface area contributed by atoms with Crippen molar-refractivity contribution in [3.8, 4) is 0 Å². The molecule has 2 N–H and O–H groups in total. The maximum Gasteiger partial charge on any atom is 0.191 e. The highest BCUT2D eigenvalue weighted by atomic mass is 127. The molecule has 0 radical (unpaired) electrons. The van der Waals surface area contributed by atoms with E-state index in [1.807, 2.05) is 25.0 Å². The average Bonchev–Trinajstić information content (AvgIpc) is 3.09. The van der Waals surface area contributed by atoms with Crippen LogP contribution in [0.15, 0.2) is 41.7 Å². The molecule has 1 aromatic carbocycles. The fourth-order valence-electron chi connectivity index (χ4n) is 3.19. The van der Waals surface area contributed by atoms with Crippen molar-refractivity contribution in [3.63, 3.8) is 0 Å². The number of nitrogens with one attached hydrogen (secondary N) is 2. The van der Waals surface area contributed by atoms with Crippen molar-refractivity contribution in [3.05, 3.63) is 53.3 Å². The minimum atomic E-state index is 0. The van der Waals surface area contributed by atoms with Crippen molar-refractivity contribution in [2.75, 3.05) is 34.2 Å². The Labute approximate surface area is 193 Å². The lowest BCUT2D eigenvalue weighted by atomic mass is 10.0. The minimum absolute atomic E-state index is 0. The first kappa shape index (κ1) is 25.4. The molecule has 162 valence electrons. The molecule has 0 spiro atoms. The van der Waals surface area contributed by atoms with Gasteiger partial charge in [0.15, 0.2) is 5.96 Å². The van der Waals surface area contributed by atoms with Crippen LogP contribution in [0.1, 0.15) is 48.9 Å². The molecule has 1 aromatic heterocycles. The highest BCUT2D eigenvalue weighted by molar-refractivity contribution is 14.0. The van der Waals surface area contributed by atoms with Gasteiger partial charge in [-0.15, -0.1) is 24.0 Å². The number of guanidine groups is 1. The Morgan fingerprint density at radius 3 is 2.34 bits per heavy atom. The normalized spacial score (nSPS) is 12.8. The van der Waals surface area contributed by atoms with Crippen LogP contribution in [0, 0.1) is 0 Å². The number of halogens is 1. The highest BCUT2D eigenvalue weighted by Gasteiger charge is 2.16. The molecule has 1 unspecified atom stereocenters. The lowest BCUT2D eigenvalue weighted by molar-refractivity contribution is 0.298. The van der Waals surface area contributed by atoms with E-state index in [2.05, 4.69) is 84.0 Å². The number of rotatable bonds is 9. The minimum Gasteiger partial charge on any atom is -0.356 e. The van der Waals surface area contributed by atoms with Gasteiger partial charge in [-0.2, -0.15) is 5.10 Å². The molecule has 2 rings (SSSR count). The summed E-state index contributed by atoms with van der Waals surface area (Å²) >= 11 is 0. The predicted octanol–water partition coefficient (Wildman–Crippen LogP) is 3.56. The fourth-order valence-corrected chi connectivity index (χ4v) is 3.19. The van der Waals surface area contributed by atoms with Crippen molar-refractivity contribution in [1.82, 2.24) is 25.3 Å². The van der Waals surface area contributed by atoms with Gasteiger partial charge < -0.3 is 15.5 Å². The molecule has 2 aromatic rings. The first-order chi connectivity index (χ1) is 13.4. The van der Waals surface area contributed by atoms with Gasteiger partial charge in [0.25, 0.3) is 0 Å². The van der Waals surface area contributed by atoms with Crippen LogP contribution in [0.4, 0.5) is 0 Å². The van der Waals surface area contributed by atoms with E-state index in [4.69, 9.17) is 0 Å². The van der Waals surface area contributed by atoms with Gasteiger partial charge in [0.05, 0.1) is 12.2 Å². The lowest BCUT2D eigenvalue weighted by Crippen LogP contribution is -2.42. The molecule has 0 saturated carbocycles. The van der Waals surface area contributed by atoms with Crippen molar-refractivity contribution < 1.29 is 0 Å². The summed E-state index contributed by atoms with van der Waals surface area (Å²) in [5, 5.41) is 11.1. The summed E-state index contributed by atoms with van der Waals surface area (Å²) in [6.45, 7) is 6.12. The maximum atomic E-state index is 4.35. The molecule has 0 aliphatic rings. The monoisotopic (exact) mass is 512 g/mol. The molecule has 1 heterocycles. The molecule has 0 amide bonds. The number of hydrogen-bond donors (Lipinski definition) is 2. The van der Waals surface area contributed by atoms with Crippen molar-refractivity contribution in [2.24, 2.45) is 12.0 Å². The largest absolute Gasteiger partial charge is 0.356 e. The number of likely N-dealkylation sites (N-methyl/N-ethyl adjacent to an activating group) is 1. The first-order valence-corrected chi connectivity index (χ1v) is 10.1. The molecular weight excluding hydrogens is 475 g/mol. The van der Waals surface area contributed by atoms with Crippen LogP contribution < -0.4 is 10.6 Å². The third kappa shape index (κ3) is 8.34. The molecule has 0 aliphatic heterocycles. The van der Waals surface area contributed by atoms with Gasteiger partial charge in [-0.05, 0) is 44.0 Å². The molecule has 0 aliphatic carbocycles. The molecule has 0 fully saturated rings. The van der Waals surface area contributed by atoms with Gasteiger partial charge in [0.2, 0.25) is 0 Å². The van der Waals surface area contributed by atoms with Gasteiger partial charge in [0, 0.05) is 38.9 Å². The Kier molecular flexibility index (Phi) is 11.3. The molecule has 0 saturated heterocycles. The van der Waals surface area contributed by atoms with Gasteiger partial charge >= 0.3 is 0 Å². The Bertz CT molecular complexity index is 736. The Hall–Kier alpha value is -1.61. The number of aliphatic imine (C=N–C) groups is 1. The van der Waals surface area contributed by atoms with Gasteiger partial charge in [-0.1, -0.05) is 38.1 Å². The average molecular weight is 512 g/mol. The van der Waals surface area contributed by atoms with E-state index in [-0.39, 0.29) is 30.0 Å². The zero-order valence-corrected chi connectivity index (χ0v) is 21.0. The quantitative estimate of drug-likeness (QED) is 0.234. The summed E-state index contributed by atoms with van der Waals surface area (Å²) in [6.07, 6.45) is 6.13. The SMILES string of the molecule is CN=C(NCCCc1ccc(C(C)C)cc1)NCC(c1cnn(C)c1)N(C)C.I. The van der Waals surface area contributed by atoms with E-state index >= 15 is 0 Å². The highest BCUT2D eigenvalue weighted by Crippen LogP contribution is 2.16. The van der Waals surface area contributed by atoms with E-state index in [0.717, 1.165) is 31.9 Å². The Balaban J connectivity index is 0.00000420. The van der Waals surface area contributed by atoms with Crippen LogP contribution in [0.5, 0.6) is 0 Å². The van der Waals surface area contributed by atoms with Crippen LogP contribution in [-0.4, -0.2) is 54.9 Å². The number of aromatic nitrogens is 2. The van der Waals surface area contributed by atoms with Gasteiger partial charge in [-0.25, -0.2) is 0 Å². The van der Waals surface area contributed by atoms with Gasteiger partial charge in [-0.3, -0.25) is 9.67 Å². The van der Waals surface area contributed by atoms with E-state index in [1.54, 1.807) is 0 Å². The smallest absolute Gasteiger partial charge is 0.191 e. The second kappa shape index (κ2) is 12.8. The zero-order chi connectivity index (χ0) is 20.5. The molecule has 6 nitrogen and oxygen atoms in total. The summed E-state index contributed by atoms with van der Waals surface area (Å²) in [5.41, 5.74) is 3.98. The number of aryl methyl sites for hydroxylation is 2. The summed E-state index contributed by atoms with van der Waals surface area (Å²) in [5.74, 6) is 1.42. The number of nitrogens with zero attached hydrogens (tertiary/aromatic N) is 4. The molecule has 29 heavy (non-hydrogen) atoms. The van der Waals surface area contributed by atoms with E-state index in [9.17, 15) is 0 Å². The van der Waals surface area contributed by atoms with Crippen LogP contribution in [0.2, 0.25) is 0 Å². The fraction of sp³-hybridized carbons (Fsp3) is 0.545. The van der Waals surface area contributed by atoms with Gasteiger partial charge in [0.1, 0.15) is 0 Å². The predicted molar refractivity (Wildman–Crippen MR) is 133 cm³/mol. The maximum absolute atomic E-state index is 4.35. The lowest BCUT2D eigenvalue weighted by Gasteiger charge is -2.24. The van der Waals surface area contributed by atoms with Crippen molar-refractivity contribution in [2.45, 2.75) is 38.6 Å². The summed E-state index contributed by atoms with van der Waals surface area (Å²) < 4.78 is 1.84. The molecular formula is C22H37IN6. The van der Waals surface area contributed by atoms with Crippen LogP contribution in [0.25, 0.3) is 0 Å². The second-order valence-electron chi connectivity index (χ2n) is 7.81. The van der Waals surface area contributed by atoms with E-state index < -0.39 is 0 Å². The Morgan fingerprint density at radius 1 is 1.14 bits per heavy atom. The second-order valence-corrected chi connectivity index (χ2v) is 7.81. The number of benzene rings is 1. The van der Waals surface area contributed by atoms with Crippen molar-refractivity contribution in [1.29, 1.82) is 0 Å². The van der Waals surface area contributed by atoms with E-state index in [1.165, 1.54) is 16.7 Å². The third-order valence-corrected chi connectivity index (χ3v) is 5.00. The van der Waals surface area contributed by atoms with E-state index in [0.29, 0.717) is 5.92 Å². The van der Waals surface area contributed by atoms with Crippen molar-refractivity contribution >= 4 is 29.9 Å². The first-order valence-electron chi connectivity index (χ1n) is 10.1. The van der Waals surface area contributed by atoms with Crippen LogP contribution in [0.3, 0.4) is 0 Å². The standard InChI is InChI=1S/C22H36N6.HI/c1-17(2)19-11-9-18(10-12-19)8-7-13-24-22(23-3)25-15-21(27(4)5)20-14-26-28(6)16-20;/h9-12,14,16-17,21H,7-8,13,15H2,1-6H3,(H2,23,24,25);1H. The molecule has 1 atom stereocenters. The summed E-state index contributed by atoms with van der Waals surface area (Å²) in [4.78, 5) is 6.54. The van der Waals surface area contributed by atoms with Crippen LogP contribution >= 0.6 is 24.0 Å². The summed E-state index contributed by atoms with van der Waals surface area (Å²) in [7, 11) is 7.93. The zero-order valence-electron chi connectivity index (χ0n) is 18.6. The van der Waals surface area contributed by atoms with Crippen LogP contribution in [-0.2, 0) is 13.5 Å². The summed E-state index contributed by atoms with van der Waals surface area (Å²) in [6, 6.07) is 9.23. The Morgan fingerprint density at radius 2 is 1.83 bits per heavy atom. The topological polar surface area (TPSA) is 57.5 Å². The molecule has 7 heteroatoms.